The molecule has 1 aromatic heterocycles. The quantitative estimate of drug-likeness (QED) is 0.862. The van der Waals surface area contributed by atoms with Gasteiger partial charge in [-0.25, -0.2) is 0 Å². The number of hydrogen-bond acceptors (Lipinski definition) is 2. The fourth-order valence-corrected chi connectivity index (χ4v) is 2.57. The van der Waals surface area contributed by atoms with Crippen molar-refractivity contribution in [3.8, 4) is 0 Å². The highest BCUT2D eigenvalue weighted by Gasteiger charge is 2.31. The maximum Gasteiger partial charge on any atom is 0.0702 e. The molecule has 0 radical (unpaired) electrons. The van der Waals surface area contributed by atoms with Crippen LogP contribution in [-0.4, -0.2) is 11.5 Å². The third kappa shape index (κ3) is 2.39. The van der Waals surface area contributed by atoms with Gasteiger partial charge in [-0.15, -0.1) is 0 Å². The molecule has 1 atom stereocenters. The number of benzene rings is 1. The van der Waals surface area contributed by atoms with Gasteiger partial charge in [0, 0.05) is 17.6 Å². The van der Waals surface area contributed by atoms with Crippen LogP contribution in [0.1, 0.15) is 37.8 Å². The first-order chi connectivity index (χ1) is 8.88. The number of hydrogen-bond donors (Lipinski definition) is 1. The number of pyridine rings is 1. The SMILES string of the molecule is CCCNC(c1ccc2ncccc2c1)C1CC1. The Labute approximate surface area is 108 Å². The van der Waals surface area contributed by atoms with Crippen LogP contribution >= 0.6 is 0 Å². The van der Waals surface area contributed by atoms with Crippen molar-refractivity contribution in [1.82, 2.24) is 10.3 Å². The fourth-order valence-electron chi connectivity index (χ4n) is 2.57. The molecular weight excluding hydrogens is 220 g/mol. The molecule has 0 saturated heterocycles. The molecule has 0 amide bonds. The zero-order valence-corrected chi connectivity index (χ0v) is 10.9. The highest BCUT2D eigenvalue weighted by Crippen LogP contribution is 2.41. The normalized spacial score (nSPS) is 16.9. The molecule has 2 aromatic rings. The van der Waals surface area contributed by atoms with Gasteiger partial charge in [0.25, 0.3) is 0 Å². The van der Waals surface area contributed by atoms with E-state index in [1.54, 1.807) is 0 Å². The largest absolute Gasteiger partial charge is 0.310 e. The first-order valence-corrected chi connectivity index (χ1v) is 6.96. The topological polar surface area (TPSA) is 24.9 Å². The van der Waals surface area contributed by atoms with Gasteiger partial charge in [-0.05, 0) is 55.5 Å². The zero-order valence-electron chi connectivity index (χ0n) is 10.9. The van der Waals surface area contributed by atoms with E-state index in [1.165, 1.54) is 30.2 Å². The summed E-state index contributed by atoms with van der Waals surface area (Å²) in [6, 6.07) is 11.4. The molecule has 1 aliphatic rings. The van der Waals surface area contributed by atoms with Crippen molar-refractivity contribution in [2.45, 2.75) is 32.2 Å². The molecule has 0 spiro atoms. The van der Waals surface area contributed by atoms with Crippen LogP contribution in [0.2, 0.25) is 0 Å². The van der Waals surface area contributed by atoms with Crippen LogP contribution in [0.15, 0.2) is 36.5 Å². The molecule has 1 unspecified atom stereocenters. The summed E-state index contributed by atoms with van der Waals surface area (Å²) < 4.78 is 0. The highest BCUT2D eigenvalue weighted by atomic mass is 14.9. The highest BCUT2D eigenvalue weighted by molar-refractivity contribution is 5.79. The van der Waals surface area contributed by atoms with E-state index in [0.717, 1.165) is 18.0 Å². The summed E-state index contributed by atoms with van der Waals surface area (Å²) in [5.74, 6) is 0.839. The van der Waals surface area contributed by atoms with Crippen molar-refractivity contribution < 1.29 is 0 Å². The molecule has 1 aliphatic carbocycles. The average molecular weight is 240 g/mol. The van der Waals surface area contributed by atoms with E-state index in [0.29, 0.717) is 6.04 Å². The lowest BCUT2D eigenvalue weighted by molar-refractivity contribution is 0.481. The Hall–Kier alpha value is -1.41. The Kier molecular flexibility index (Phi) is 3.28. The van der Waals surface area contributed by atoms with E-state index in [-0.39, 0.29) is 0 Å². The van der Waals surface area contributed by atoms with Crippen LogP contribution in [0.4, 0.5) is 0 Å². The van der Waals surface area contributed by atoms with Crippen molar-refractivity contribution in [3.63, 3.8) is 0 Å². The lowest BCUT2D eigenvalue weighted by atomic mass is 10.00. The average Bonchev–Trinajstić information content (AvgIpc) is 3.24. The fraction of sp³-hybridized carbons (Fsp3) is 0.438. The molecule has 1 N–H and O–H groups in total. The van der Waals surface area contributed by atoms with E-state index in [9.17, 15) is 0 Å². The number of nitrogens with one attached hydrogen (secondary N) is 1. The Morgan fingerprint density at radius 1 is 1.33 bits per heavy atom. The predicted molar refractivity (Wildman–Crippen MR) is 75.5 cm³/mol. The number of fused-ring (bicyclic) bond motifs is 1. The molecule has 18 heavy (non-hydrogen) atoms. The van der Waals surface area contributed by atoms with Gasteiger partial charge in [0.1, 0.15) is 0 Å². The molecule has 2 heteroatoms. The first-order valence-electron chi connectivity index (χ1n) is 6.96. The maximum atomic E-state index is 4.38. The van der Waals surface area contributed by atoms with Crippen molar-refractivity contribution in [2.24, 2.45) is 5.92 Å². The molecule has 0 aliphatic heterocycles. The Bertz CT molecular complexity index is 531. The van der Waals surface area contributed by atoms with E-state index in [1.807, 2.05) is 12.3 Å². The van der Waals surface area contributed by atoms with Gasteiger partial charge in [0.05, 0.1) is 5.52 Å². The van der Waals surface area contributed by atoms with E-state index in [2.05, 4.69) is 41.5 Å². The second-order valence-corrected chi connectivity index (χ2v) is 5.22. The third-order valence-corrected chi connectivity index (χ3v) is 3.69. The lowest BCUT2D eigenvalue weighted by Gasteiger charge is -2.18. The second-order valence-electron chi connectivity index (χ2n) is 5.22. The van der Waals surface area contributed by atoms with Crippen molar-refractivity contribution in [2.75, 3.05) is 6.54 Å². The van der Waals surface area contributed by atoms with Crippen LogP contribution in [-0.2, 0) is 0 Å². The van der Waals surface area contributed by atoms with Crippen molar-refractivity contribution >= 4 is 10.9 Å². The molecule has 0 bridgehead atoms. The van der Waals surface area contributed by atoms with Crippen LogP contribution in [0.3, 0.4) is 0 Å². The summed E-state index contributed by atoms with van der Waals surface area (Å²) in [6.07, 6.45) is 5.78. The van der Waals surface area contributed by atoms with Gasteiger partial charge in [-0.3, -0.25) is 4.98 Å². The summed E-state index contributed by atoms with van der Waals surface area (Å²) in [5, 5.41) is 4.94. The smallest absolute Gasteiger partial charge is 0.0702 e. The molecule has 2 nitrogen and oxygen atoms in total. The molecule has 3 rings (SSSR count). The van der Waals surface area contributed by atoms with Gasteiger partial charge in [-0.1, -0.05) is 19.1 Å². The molecule has 1 aromatic carbocycles. The summed E-state index contributed by atoms with van der Waals surface area (Å²) >= 11 is 0. The predicted octanol–water partition coefficient (Wildman–Crippen LogP) is 3.69. The number of aromatic nitrogens is 1. The van der Waals surface area contributed by atoms with Gasteiger partial charge in [0.2, 0.25) is 0 Å². The molecule has 94 valence electrons. The van der Waals surface area contributed by atoms with Gasteiger partial charge < -0.3 is 5.32 Å². The molecule has 1 saturated carbocycles. The van der Waals surface area contributed by atoms with Crippen molar-refractivity contribution in [1.29, 1.82) is 0 Å². The Balaban J connectivity index is 1.90. The maximum absolute atomic E-state index is 4.38. The summed E-state index contributed by atoms with van der Waals surface area (Å²) in [6.45, 7) is 3.33. The van der Waals surface area contributed by atoms with Gasteiger partial charge in [-0.2, -0.15) is 0 Å². The first kappa shape index (κ1) is 11.7. The van der Waals surface area contributed by atoms with E-state index in [4.69, 9.17) is 0 Å². The van der Waals surface area contributed by atoms with Crippen LogP contribution in [0.25, 0.3) is 10.9 Å². The van der Waals surface area contributed by atoms with Crippen molar-refractivity contribution in [3.05, 3.63) is 42.1 Å². The number of nitrogens with zero attached hydrogens (tertiary/aromatic N) is 1. The van der Waals surface area contributed by atoms with Crippen LogP contribution < -0.4 is 5.32 Å². The standard InChI is InChI=1S/C16H20N2/c1-2-9-18-16(12-5-6-12)14-7-8-15-13(11-14)4-3-10-17-15/h3-4,7-8,10-12,16,18H,2,5-6,9H2,1H3. The lowest BCUT2D eigenvalue weighted by Crippen LogP contribution is -2.23. The van der Waals surface area contributed by atoms with Gasteiger partial charge in [0.15, 0.2) is 0 Å². The second kappa shape index (κ2) is 5.07. The van der Waals surface area contributed by atoms with Gasteiger partial charge >= 0.3 is 0 Å². The monoisotopic (exact) mass is 240 g/mol. The molecule has 1 heterocycles. The zero-order chi connectivity index (χ0) is 12.4. The molecular formula is C16H20N2. The van der Waals surface area contributed by atoms with E-state index < -0.39 is 0 Å². The third-order valence-electron chi connectivity index (χ3n) is 3.69. The van der Waals surface area contributed by atoms with Crippen LogP contribution in [0.5, 0.6) is 0 Å². The minimum atomic E-state index is 0.537. The summed E-state index contributed by atoms with van der Waals surface area (Å²) in [5.41, 5.74) is 2.51. The summed E-state index contributed by atoms with van der Waals surface area (Å²) in [7, 11) is 0. The van der Waals surface area contributed by atoms with Crippen LogP contribution in [0, 0.1) is 5.92 Å². The van der Waals surface area contributed by atoms with E-state index >= 15 is 0 Å². The minimum absolute atomic E-state index is 0.537. The number of rotatable bonds is 5. The minimum Gasteiger partial charge on any atom is -0.310 e. The summed E-state index contributed by atoms with van der Waals surface area (Å²) in [4.78, 5) is 4.38. The Morgan fingerprint density at radius 2 is 2.22 bits per heavy atom. The molecule has 1 fully saturated rings. The Morgan fingerprint density at radius 3 is 3.00 bits per heavy atom.